The van der Waals surface area contributed by atoms with Crippen LogP contribution < -0.4 is 9.47 Å². The van der Waals surface area contributed by atoms with E-state index in [4.69, 9.17) is 9.47 Å². The summed E-state index contributed by atoms with van der Waals surface area (Å²) in [5.74, 6) is -1.45. The lowest BCUT2D eigenvalue weighted by Crippen LogP contribution is -2.04. The Labute approximate surface area is 94.2 Å². The average Bonchev–Trinajstić information content (AvgIpc) is 2.29. The Hall–Kier alpha value is -1.32. The maximum Gasteiger partial charge on any atom is 0.200 e. The molecular weight excluding hydrogens is 214 g/mol. The molecule has 0 radical (unpaired) electrons. The van der Waals surface area contributed by atoms with E-state index in [-0.39, 0.29) is 11.5 Å². The SMILES string of the molecule is CCCOc1c(F)ccc(F)c1OCCC. The van der Waals surface area contributed by atoms with Gasteiger partial charge < -0.3 is 9.47 Å². The van der Waals surface area contributed by atoms with Gasteiger partial charge in [-0.25, -0.2) is 8.78 Å². The molecule has 16 heavy (non-hydrogen) atoms. The van der Waals surface area contributed by atoms with Crippen LogP contribution in [0.1, 0.15) is 26.7 Å². The number of ether oxygens (including phenoxy) is 2. The van der Waals surface area contributed by atoms with Gasteiger partial charge in [-0.1, -0.05) is 13.8 Å². The topological polar surface area (TPSA) is 18.5 Å². The highest BCUT2D eigenvalue weighted by atomic mass is 19.1. The van der Waals surface area contributed by atoms with Crippen molar-refractivity contribution in [1.82, 2.24) is 0 Å². The molecular formula is C12H16F2O2. The zero-order valence-electron chi connectivity index (χ0n) is 9.56. The van der Waals surface area contributed by atoms with E-state index < -0.39 is 11.6 Å². The molecule has 0 aliphatic rings. The highest BCUT2D eigenvalue weighted by Gasteiger charge is 2.16. The van der Waals surface area contributed by atoms with Crippen LogP contribution in [0.2, 0.25) is 0 Å². The number of halogens is 2. The van der Waals surface area contributed by atoms with Crippen LogP contribution in [0.3, 0.4) is 0 Å². The summed E-state index contributed by atoms with van der Waals surface area (Å²) in [6.45, 7) is 4.46. The van der Waals surface area contributed by atoms with E-state index >= 15 is 0 Å². The molecule has 1 aromatic rings. The minimum absolute atomic E-state index is 0.129. The van der Waals surface area contributed by atoms with Crippen molar-refractivity contribution in [2.75, 3.05) is 13.2 Å². The average molecular weight is 230 g/mol. The molecule has 0 unspecified atom stereocenters. The van der Waals surface area contributed by atoms with Gasteiger partial charge in [-0.3, -0.25) is 0 Å². The number of benzene rings is 1. The molecule has 0 saturated carbocycles. The van der Waals surface area contributed by atoms with Crippen LogP contribution in [-0.2, 0) is 0 Å². The third kappa shape index (κ3) is 3.08. The summed E-state index contributed by atoms with van der Waals surface area (Å²) in [7, 11) is 0. The molecule has 4 heteroatoms. The van der Waals surface area contributed by atoms with Crippen LogP contribution in [0, 0.1) is 11.6 Å². The summed E-state index contributed by atoms with van der Waals surface area (Å²) < 4.78 is 37.1. The van der Waals surface area contributed by atoms with Crippen LogP contribution in [0.25, 0.3) is 0 Å². The second kappa shape index (κ2) is 6.30. The predicted octanol–water partition coefficient (Wildman–Crippen LogP) is 3.54. The molecule has 0 aromatic heterocycles. The molecule has 0 N–H and O–H groups in total. The van der Waals surface area contributed by atoms with Gasteiger partial charge >= 0.3 is 0 Å². The minimum Gasteiger partial charge on any atom is -0.487 e. The third-order valence-corrected chi connectivity index (χ3v) is 1.92. The monoisotopic (exact) mass is 230 g/mol. The molecule has 0 spiro atoms. The maximum absolute atomic E-state index is 13.4. The number of rotatable bonds is 6. The lowest BCUT2D eigenvalue weighted by atomic mass is 10.3. The highest BCUT2D eigenvalue weighted by molar-refractivity contribution is 5.42. The fourth-order valence-electron chi connectivity index (χ4n) is 1.19. The van der Waals surface area contributed by atoms with Gasteiger partial charge in [-0.2, -0.15) is 0 Å². The van der Waals surface area contributed by atoms with Gasteiger partial charge in [0.1, 0.15) is 0 Å². The summed E-state index contributed by atoms with van der Waals surface area (Å²) in [4.78, 5) is 0. The van der Waals surface area contributed by atoms with Crippen molar-refractivity contribution in [2.24, 2.45) is 0 Å². The van der Waals surface area contributed by atoms with Gasteiger partial charge in [0.25, 0.3) is 0 Å². The smallest absolute Gasteiger partial charge is 0.200 e. The summed E-state index contributed by atoms with van der Waals surface area (Å²) in [5, 5.41) is 0. The summed E-state index contributed by atoms with van der Waals surface area (Å²) in [6, 6.07) is 2.08. The summed E-state index contributed by atoms with van der Waals surface area (Å²) in [5.41, 5.74) is 0. The first-order valence-electron chi connectivity index (χ1n) is 5.44. The maximum atomic E-state index is 13.4. The molecule has 0 heterocycles. The van der Waals surface area contributed by atoms with Gasteiger partial charge in [-0.05, 0) is 25.0 Å². The first-order chi connectivity index (χ1) is 7.70. The Balaban J connectivity index is 2.94. The van der Waals surface area contributed by atoms with Crippen molar-refractivity contribution < 1.29 is 18.3 Å². The number of hydrogen-bond donors (Lipinski definition) is 0. The molecule has 0 fully saturated rings. The summed E-state index contributed by atoms with van der Waals surface area (Å²) in [6.07, 6.45) is 1.45. The number of hydrogen-bond acceptors (Lipinski definition) is 2. The zero-order chi connectivity index (χ0) is 12.0. The lowest BCUT2D eigenvalue weighted by Gasteiger charge is -2.13. The molecule has 0 saturated heterocycles. The van der Waals surface area contributed by atoms with E-state index in [1.165, 1.54) is 0 Å². The fourth-order valence-corrected chi connectivity index (χ4v) is 1.19. The Bertz CT molecular complexity index is 307. The van der Waals surface area contributed by atoms with Gasteiger partial charge in [0.15, 0.2) is 23.1 Å². The van der Waals surface area contributed by atoms with E-state index in [0.29, 0.717) is 13.2 Å². The van der Waals surface area contributed by atoms with Crippen molar-refractivity contribution in [3.05, 3.63) is 23.8 Å². The van der Waals surface area contributed by atoms with Gasteiger partial charge in [0.2, 0.25) is 0 Å². The molecule has 1 aromatic carbocycles. The van der Waals surface area contributed by atoms with Crippen molar-refractivity contribution in [1.29, 1.82) is 0 Å². The van der Waals surface area contributed by atoms with Gasteiger partial charge in [0, 0.05) is 0 Å². The Morgan fingerprint density at radius 3 is 1.56 bits per heavy atom. The third-order valence-electron chi connectivity index (χ3n) is 1.92. The van der Waals surface area contributed by atoms with E-state index in [1.54, 1.807) is 0 Å². The van der Waals surface area contributed by atoms with E-state index in [0.717, 1.165) is 25.0 Å². The normalized spacial score (nSPS) is 10.2. The predicted molar refractivity (Wildman–Crippen MR) is 57.9 cm³/mol. The van der Waals surface area contributed by atoms with Crippen LogP contribution in [0.5, 0.6) is 11.5 Å². The summed E-state index contributed by atoms with van der Waals surface area (Å²) >= 11 is 0. The Morgan fingerprint density at radius 2 is 1.25 bits per heavy atom. The van der Waals surface area contributed by atoms with Crippen molar-refractivity contribution >= 4 is 0 Å². The molecule has 0 aliphatic heterocycles. The Morgan fingerprint density at radius 1 is 0.875 bits per heavy atom. The van der Waals surface area contributed by atoms with Gasteiger partial charge in [0.05, 0.1) is 13.2 Å². The Kier molecular flexibility index (Phi) is 5.02. The first kappa shape index (κ1) is 12.7. The molecule has 90 valence electrons. The van der Waals surface area contributed by atoms with E-state index in [2.05, 4.69) is 0 Å². The molecule has 0 atom stereocenters. The second-order valence-electron chi connectivity index (χ2n) is 3.38. The van der Waals surface area contributed by atoms with Crippen LogP contribution in [0.4, 0.5) is 8.78 Å². The lowest BCUT2D eigenvalue weighted by molar-refractivity contribution is 0.248. The van der Waals surface area contributed by atoms with Crippen molar-refractivity contribution in [3.8, 4) is 11.5 Å². The minimum atomic E-state index is -0.596. The largest absolute Gasteiger partial charge is 0.487 e. The van der Waals surface area contributed by atoms with Gasteiger partial charge in [-0.15, -0.1) is 0 Å². The van der Waals surface area contributed by atoms with Crippen LogP contribution in [0.15, 0.2) is 12.1 Å². The molecule has 1 rings (SSSR count). The highest BCUT2D eigenvalue weighted by Crippen LogP contribution is 2.33. The van der Waals surface area contributed by atoms with Crippen LogP contribution >= 0.6 is 0 Å². The van der Waals surface area contributed by atoms with E-state index in [1.807, 2.05) is 13.8 Å². The molecule has 0 bridgehead atoms. The van der Waals surface area contributed by atoms with Crippen molar-refractivity contribution in [2.45, 2.75) is 26.7 Å². The first-order valence-corrected chi connectivity index (χ1v) is 5.44. The quantitative estimate of drug-likeness (QED) is 0.744. The van der Waals surface area contributed by atoms with E-state index in [9.17, 15) is 8.78 Å². The molecule has 0 amide bonds. The molecule has 2 nitrogen and oxygen atoms in total. The molecule has 0 aliphatic carbocycles. The zero-order valence-corrected chi connectivity index (χ0v) is 9.56. The van der Waals surface area contributed by atoms with Crippen molar-refractivity contribution in [3.63, 3.8) is 0 Å². The van der Waals surface area contributed by atoms with Crippen LogP contribution in [-0.4, -0.2) is 13.2 Å². The second-order valence-corrected chi connectivity index (χ2v) is 3.38. The fraction of sp³-hybridized carbons (Fsp3) is 0.500. The standard InChI is InChI=1S/C12H16F2O2/c1-3-7-15-11-9(13)5-6-10(14)12(11)16-8-4-2/h5-6H,3-4,7-8H2,1-2H3.